The minimum Gasteiger partial charge on any atom is -0.370 e. The number of alkyl halides is 3. The van der Waals surface area contributed by atoms with Gasteiger partial charge in [0, 0.05) is 12.0 Å². The fraction of sp³-hybridized carbons (Fsp3) is 0.462. The Morgan fingerprint density at radius 3 is 2.21 bits per heavy atom. The number of rotatable bonds is 5. The normalized spacial score (nSPS) is 15.0. The summed E-state index contributed by atoms with van der Waals surface area (Å²) in [5.74, 6) is -0.652. The maximum absolute atomic E-state index is 13.0. The topological polar surface area (TPSA) is 55.1 Å². The molecule has 0 aromatic heterocycles. The predicted molar refractivity (Wildman–Crippen MR) is 66.3 cm³/mol. The van der Waals surface area contributed by atoms with Gasteiger partial charge in [-0.2, -0.15) is 13.2 Å². The number of hydrogen-bond acceptors (Lipinski definition) is 2. The molecule has 0 aliphatic carbocycles. The Morgan fingerprint density at radius 2 is 1.79 bits per heavy atom. The molecule has 3 nitrogen and oxygen atoms in total. The molecular weight excluding hydrogens is 257 g/mol. The molecule has 0 heterocycles. The highest BCUT2D eigenvalue weighted by Gasteiger charge is 2.39. The van der Waals surface area contributed by atoms with Gasteiger partial charge in [-0.15, -0.1) is 0 Å². The van der Waals surface area contributed by atoms with Gasteiger partial charge in [-0.05, 0) is 25.1 Å². The molecule has 0 aliphatic rings. The molecule has 1 amide bonds. The van der Waals surface area contributed by atoms with Gasteiger partial charge < -0.3 is 11.1 Å². The first kappa shape index (κ1) is 15.5. The second-order valence-electron chi connectivity index (χ2n) is 4.55. The molecule has 1 aromatic carbocycles. The second-order valence-corrected chi connectivity index (χ2v) is 4.55. The van der Waals surface area contributed by atoms with Crippen molar-refractivity contribution in [1.29, 1.82) is 0 Å². The Balaban J connectivity index is 3.34. The summed E-state index contributed by atoms with van der Waals surface area (Å²) >= 11 is 0. The molecule has 6 heteroatoms. The summed E-state index contributed by atoms with van der Waals surface area (Å²) in [5, 5.41) is 2.92. The molecule has 1 atom stereocenters. The monoisotopic (exact) mass is 274 g/mol. The van der Waals surface area contributed by atoms with E-state index in [1.165, 1.54) is 18.2 Å². The van der Waals surface area contributed by atoms with Gasteiger partial charge in [0.05, 0.1) is 5.56 Å². The number of benzene rings is 1. The highest BCUT2D eigenvalue weighted by Crippen LogP contribution is 2.37. The van der Waals surface area contributed by atoms with Crippen LogP contribution in [0, 0.1) is 0 Å². The Labute approximate surface area is 110 Å². The molecule has 3 N–H and O–H groups in total. The van der Waals surface area contributed by atoms with Crippen LogP contribution in [0.1, 0.15) is 31.4 Å². The van der Waals surface area contributed by atoms with Crippen molar-refractivity contribution < 1.29 is 18.0 Å². The molecule has 0 spiro atoms. The molecule has 19 heavy (non-hydrogen) atoms. The number of carbonyl (C=O) groups excluding carboxylic acids is 1. The summed E-state index contributed by atoms with van der Waals surface area (Å²) in [5.41, 5.74) is 3.29. The van der Waals surface area contributed by atoms with Gasteiger partial charge in [-0.25, -0.2) is 0 Å². The molecule has 0 fully saturated rings. The maximum atomic E-state index is 13.0. The molecule has 106 valence electrons. The third-order valence-electron chi connectivity index (χ3n) is 2.92. The van der Waals surface area contributed by atoms with Crippen molar-refractivity contribution in [2.24, 2.45) is 5.73 Å². The van der Waals surface area contributed by atoms with Crippen LogP contribution >= 0.6 is 0 Å². The van der Waals surface area contributed by atoms with Gasteiger partial charge in [0.25, 0.3) is 0 Å². The van der Waals surface area contributed by atoms with Crippen molar-refractivity contribution in [2.75, 3.05) is 6.54 Å². The highest BCUT2D eigenvalue weighted by molar-refractivity contribution is 5.75. The summed E-state index contributed by atoms with van der Waals surface area (Å²) in [6.07, 6.45) is -4.67. The standard InChI is InChI=1S/C13H17F3N2O/c1-3-18-12(2,8-11(17)19)9-6-4-5-7-10(9)13(14,15)16/h4-7,18H,3,8H2,1-2H3,(H2,17,19). The van der Waals surface area contributed by atoms with Crippen molar-refractivity contribution in [2.45, 2.75) is 32.0 Å². The SMILES string of the molecule is CCNC(C)(CC(N)=O)c1ccccc1C(F)(F)F. The van der Waals surface area contributed by atoms with E-state index in [9.17, 15) is 18.0 Å². The number of halogens is 3. The third-order valence-corrected chi connectivity index (χ3v) is 2.92. The lowest BCUT2D eigenvalue weighted by molar-refractivity contribution is -0.139. The van der Waals surface area contributed by atoms with E-state index in [2.05, 4.69) is 5.32 Å². The van der Waals surface area contributed by atoms with Gasteiger partial charge in [0.15, 0.2) is 0 Å². The van der Waals surface area contributed by atoms with Crippen molar-refractivity contribution in [3.05, 3.63) is 35.4 Å². The molecule has 0 saturated heterocycles. The quantitative estimate of drug-likeness (QED) is 0.866. The van der Waals surface area contributed by atoms with Crippen molar-refractivity contribution in [1.82, 2.24) is 5.32 Å². The molecule has 0 radical (unpaired) electrons. The van der Waals surface area contributed by atoms with Crippen LogP contribution in [0.5, 0.6) is 0 Å². The second kappa shape index (κ2) is 5.61. The molecule has 0 bridgehead atoms. The predicted octanol–water partition coefficient (Wildman–Crippen LogP) is 2.41. The Kier molecular flexibility index (Phi) is 4.57. The highest BCUT2D eigenvalue weighted by atomic mass is 19.4. The van der Waals surface area contributed by atoms with Crippen molar-refractivity contribution >= 4 is 5.91 Å². The molecule has 1 unspecified atom stereocenters. The zero-order valence-electron chi connectivity index (χ0n) is 10.8. The lowest BCUT2D eigenvalue weighted by Crippen LogP contribution is -2.44. The zero-order chi connectivity index (χ0) is 14.7. The molecular formula is C13H17F3N2O. The molecule has 1 aromatic rings. The number of amides is 1. The number of hydrogen-bond donors (Lipinski definition) is 2. The van der Waals surface area contributed by atoms with E-state index in [1.54, 1.807) is 13.8 Å². The number of nitrogens with one attached hydrogen (secondary N) is 1. The third kappa shape index (κ3) is 3.70. The molecule has 1 rings (SSSR count). The van der Waals surface area contributed by atoms with Gasteiger partial charge in [0.2, 0.25) is 5.91 Å². The van der Waals surface area contributed by atoms with Gasteiger partial charge in [0.1, 0.15) is 0 Å². The summed E-state index contributed by atoms with van der Waals surface area (Å²) < 4.78 is 39.0. The largest absolute Gasteiger partial charge is 0.416 e. The average molecular weight is 274 g/mol. The van der Waals surface area contributed by atoms with E-state index in [-0.39, 0.29) is 12.0 Å². The van der Waals surface area contributed by atoms with Crippen LogP contribution in [0.4, 0.5) is 13.2 Å². The summed E-state index contributed by atoms with van der Waals surface area (Å²) in [6.45, 7) is 3.73. The fourth-order valence-corrected chi connectivity index (χ4v) is 2.20. The number of nitrogens with two attached hydrogens (primary N) is 1. The first-order valence-corrected chi connectivity index (χ1v) is 5.90. The van der Waals surface area contributed by atoms with Crippen LogP contribution < -0.4 is 11.1 Å². The van der Waals surface area contributed by atoms with Crippen LogP contribution in [0.2, 0.25) is 0 Å². The van der Waals surface area contributed by atoms with Crippen LogP contribution in [0.15, 0.2) is 24.3 Å². The van der Waals surface area contributed by atoms with Crippen molar-refractivity contribution in [3.63, 3.8) is 0 Å². The minimum atomic E-state index is -4.47. The van der Waals surface area contributed by atoms with E-state index in [1.807, 2.05) is 0 Å². The van der Waals surface area contributed by atoms with Gasteiger partial charge >= 0.3 is 6.18 Å². The number of primary amides is 1. The zero-order valence-corrected chi connectivity index (χ0v) is 10.8. The van der Waals surface area contributed by atoms with Crippen molar-refractivity contribution in [3.8, 4) is 0 Å². The Bertz CT molecular complexity index is 459. The van der Waals surface area contributed by atoms with Crippen LogP contribution in [0.3, 0.4) is 0 Å². The minimum absolute atomic E-state index is 0.0307. The average Bonchev–Trinajstić information content (AvgIpc) is 2.27. The van der Waals surface area contributed by atoms with Crippen LogP contribution in [0.25, 0.3) is 0 Å². The van der Waals surface area contributed by atoms with Crippen LogP contribution in [-0.4, -0.2) is 12.5 Å². The smallest absolute Gasteiger partial charge is 0.370 e. The summed E-state index contributed by atoms with van der Waals surface area (Å²) in [4.78, 5) is 11.1. The summed E-state index contributed by atoms with van der Waals surface area (Å²) in [6, 6.07) is 5.21. The molecule has 0 saturated carbocycles. The first-order valence-electron chi connectivity index (χ1n) is 5.90. The first-order chi connectivity index (χ1) is 8.70. The fourth-order valence-electron chi connectivity index (χ4n) is 2.20. The Morgan fingerprint density at radius 1 is 1.26 bits per heavy atom. The molecule has 0 aliphatic heterocycles. The van der Waals surface area contributed by atoms with Gasteiger partial charge in [-0.3, -0.25) is 4.79 Å². The summed E-state index contributed by atoms with van der Waals surface area (Å²) in [7, 11) is 0. The maximum Gasteiger partial charge on any atom is 0.416 e. The van der Waals surface area contributed by atoms with E-state index < -0.39 is 23.2 Å². The van der Waals surface area contributed by atoms with E-state index >= 15 is 0 Å². The van der Waals surface area contributed by atoms with E-state index in [0.717, 1.165) is 6.07 Å². The van der Waals surface area contributed by atoms with Crippen LogP contribution in [-0.2, 0) is 16.5 Å². The Hall–Kier alpha value is -1.56. The number of carbonyl (C=O) groups is 1. The lowest BCUT2D eigenvalue weighted by atomic mass is 9.84. The van der Waals surface area contributed by atoms with E-state index in [4.69, 9.17) is 5.73 Å². The van der Waals surface area contributed by atoms with E-state index in [0.29, 0.717) is 6.54 Å². The lowest BCUT2D eigenvalue weighted by Gasteiger charge is -2.32. The van der Waals surface area contributed by atoms with Gasteiger partial charge in [-0.1, -0.05) is 25.1 Å².